The number of aromatic nitrogens is 1. The maximum Gasteiger partial charge on any atom is 0.185 e. The predicted molar refractivity (Wildman–Crippen MR) is 39.8 cm³/mol. The largest absolute Gasteiger partial charge is 0.352 e. The minimum atomic E-state index is -0.358. The average molecular weight is 152 g/mol. The van der Waals surface area contributed by atoms with Gasteiger partial charge in [0.2, 0.25) is 0 Å². The van der Waals surface area contributed by atoms with Gasteiger partial charge in [-0.25, -0.2) is 0 Å². The van der Waals surface area contributed by atoms with Crippen molar-refractivity contribution in [1.29, 1.82) is 0 Å². The first-order valence-corrected chi connectivity index (χ1v) is 3.25. The van der Waals surface area contributed by atoms with Crippen molar-refractivity contribution in [2.24, 2.45) is 0 Å². The van der Waals surface area contributed by atoms with Crippen LogP contribution >= 0.6 is 0 Å². The maximum absolute atomic E-state index is 4.99. The van der Waals surface area contributed by atoms with Gasteiger partial charge >= 0.3 is 0 Å². The van der Waals surface area contributed by atoms with Crippen molar-refractivity contribution in [3.05, 3.63) is 30.1 Å². The average Bonchev–Trinajstić information content (AvgIpc) is 2.09. The van der Waals surface area contributed by atoms with Gasteiger partial charge in [-0.1, -0.05) is 0 Å². The normalized spacial score (nSPS) is 10.5. The number of pyridine rings is 1. The van der Waals surface area contributed by atoms with Crippen molar-refractivity contribution >= 4 is 0 Å². The summed E-state index contributed by atoms with van der Waals surface area (Å²) in [4.78, 5) is 3.91. The van der Waals surface area contributed by atoms with Crippen LogP contribution in [0.1, 0.15) is 11.9 Å². The summed E-state index contributed by atoms with van der Waals surface area (Å²) in [7, 11) is 3.16. The molecule has 0 saturated heterocycles. The third-order valence-corrected chi connectivity index (χ3v) is 1.31. The van der Waals surface area contributed by atoms with Gasteiger partial charge in [-0.05, 0) is 12.1 Å². The number of hydrogen-bond acceptors (Lipinski definition) is 3. The number of nitrogens with zero attached hydrogens (tertiary/aromatic N) is 1. The zero-order valence-electron chi connectivity index (χ0n) is 6.57. The second-order valence-electron chi connectivity index (χ2n) is 2.00. The third kappa shape index (κ3) is 2.00. The summed E-state index contributed by atoms with van der Waals surface area (Å²) in [5.41, 5.74) is 0.803. The first kappa shape index (κ1) is 8.17. The van der Waals surface area contributed by atoms with Crippen LogP contribution in [0, 0.1) is 6.07 Å². The molecule has 0 amide bonds. The quantitative estimate of drug-likeness (QED) is 0.609. The topological polar surface area (TPSA) is 31.4 Å². The van der Waals surface area contributed by atoms with E-state index in [4.69, 9.17) is 9.47 Å². The van der Waals surface area contributed by atoms with E-state index in [1.807, 2.05) is 0 Å². The van der Waals surface area contributed by atoms with Crippen molar-refractivity contribution < 1.29 is 9.47 Å². The molecule has 1 aromatic heterocycles. The highest BCUT2D eigenvalue weighted by molar-refractivity contribution is 5.07. The predicted octanol–water partition coefficient (Wildman–Crippen LogP) is 1.17. The van der Waals surface area contributed by atoms with Crippen molar-refractivity contribution in [3.63, 3.8) is 0 Å². The van der Waals surface area contributed by atoms with Gasteiger partial charge in [-0.3, -0.25) is 4.98 Å². The van der Waals surface area contributed by atoms with Gasteiger partial charge in [0.25, 0.3) is 0 Å². The van der Waals surface area contributed by atoms with Gasteiger partial charge in [0.15, 0.2) is 6.29 Å². The Morgan fingerprint density at radius 2 is 2.18 bits per heavy atom. The molecule has 0 aromatic carbocycles. The van der Waals surface area contributed by atoms with Gasteiger partial charge in [0.1, 0.15) is 0 Å². The first-order valence-electron chi connectivity index (χ1n) is 3.25. The van der Waals surface area contributed by atoms with Crippen molar-refractivity contribution in [1.82, 2.24) is 4.98 Å². The number of methoxy groups -OCH3 is 2. The Morgan fingerprint density at radius 1 is 1.45 bits per heavy atom. The molecule has 3 heteroatoms. The van der Waals surface area contributed by atoms with Crippen LogP contribution in [0.2, 0.25) is 0 Å². The van der Waals surface area contributed by atoms with Crippen molar-refractivity contribution in [2.75, 3.05) is 14.2 Å². The Bertz CT molecular complexity index is 197. The fourth-order valence-corrected chi connectivity index (χ4v) is 0.816. The van der Waals surface area contributed by atoms with E-state index in [9.17, 15) is 0 Å². The van der Waals surface area contributed by atoms with Crippen molar-refractivity contribution in [3.8, 4) is 0 Å². The van der Waals surface area contributed by atoms with Crippen LogP contribution in [0.5, 0.6) is 0 Å². The van der Waals surface area contributed by atoms with Gasteiger partial charge in [-0.2, -0.15) is 0 Å². The van der Waals surface area contributed by atoms with E-state index in [1.165, 1.54) is 0 Å². The summed E-state index contributed by atoms with van der Waals surface area (Å²) in [6, 6.07) is 4.68. The molecule has 1 aromatic rings. The fraction of sp³-hybridized carbons (Fsp3) is 0.375. The van der Waals surface area contributed by atoms with Crippen LogP contribution in [-0.4, -0.2) is 19.2 Å². The number of hydrogen-bond donors (Lipinski definition) is 0. The first-order chi connectivity index (χ1) is 5.38. The molecule has 11 heavy (non-hydrogen) atoms. The number of rotatable bonds is 3. The second-order valence-corrected chi connectivity index (χ2v) is 2.00. The molecule has 0 fully saturated rings. The highest BCUT2D eigenvalue weighted by Crippen LogP contribution is 2.13. The third-order valence-electron chi connectivity index (χ3n) is 1.31. The molecule has 1 rings (SSSR count). The molecule has 0 aliphatic heterocycles. The molecule has 1 heterocycles. The molecule has 0 atom stereocenters. The van der Waals surface area contributed by atoms with E-state index in [-0.39, 0.29) is 6.29 Å². The zero-order valence-corrected chi connectivity index (χ0v) is 6.57. The van der Waals surface area contributed by atoms with Gasteiger partial charge in [-0.15, -0.1) is 0 Å². The van der Waals surface area contributed by atoms with Crippen LogP contribution in [0.3, 0.4) is 0 Å². The summed E-state index contributed by atoms with van der Waals surface area (Å²) in [6.07, 6.45) is 2.97. The molecular formula is C8H10NO2. The standard InChI is InChI=1S/C8H10NO2/c1-10-8(11-2)7-4-3-5-9-6-7/h3,5-6,8H,1-2H3. The zero-order chi connectivity index (χ0) is 8.10. The van der Waals surface area contributed by atoms with Gasteiger partial charge in [0.05, 0.1) is 0 Å². The van der Waals surface area contributed by atoms with E-state index in [0.29, 0.717) is 0 Å². The molecule has 59 valence electrons. The van der Waals surface area contributed by atoms with E-state index in [1.54, 1.807) is 32.7 Å². The molecule has 0 aliphatic rings. The van der Waals surface area contributed by atoms with Crippen LogP contribution < -0.4 is 0 Å². The van der Waals surface area contributed by atoms with Crippen molar-refractivity contribution in [2.45, 2.75) is 6.29 Å². The molecule has 0 spiro atoms. The Labute approximate surface area is 66.0 Å². The van der Waals surface area contributed by atoms with E-state index < -0.39 is 0 Å². The SMILES string of the molecule is COC(OC)c1[c]ccnc1. The maximum atomic E-state index is 4.99. The lowest BCUT2D eigenvalue weighted by Crippen LogP contribution is -2.03. The van der Waals surface area contributed by atoms with E-state index >= 15 is 0 Å². The van der Waals surface area contributed by atoms with Gasteiger partial charge in [0, 0.05) is 32.2 Å². The lowest BCUT2D eigenvalue weighted by atomic mass is 10.3. The summed E-state index contributed by atoms with van der Waals surface area (Å²) in [5, 5.41) is 0. The van der Waals surface area contributed by atoms with Crippen LogP contribution in [-0.2, 0) is 9.47 Å². The molecule has 0 unspecified atom stereocenters. The summed E-state index contributed by atoms with van der Waals surface area (Å²) in [6.45, 7) is 0. The molecule has 1 radical (unpaired) electrons. The highest BCUT2D eigenvalue weighted by atomic mass is 16.7. The number of ether oxygens (including phenoxy) is 2. The Balaban J connectivity index is 2.74. The van der Waals surface area contributed by atoms with Crippen LogP contribution in [0.15, 0.2) is 18.5 Å². The Morgan fingerprint density at radius 3 is 2.64 bits per heavy atom. The van der Waals surface area contributed by atoms with Crippen LogP contribution in [0.25, 0.3) is 0 Å². The molecule has 0 aliphatic carbocycles. The molecule has 3 nitrogen and oxygen atoms in total. The summed E-state index contributed by atoms with van der Waals surface area (Å²) >= 11 is 0. The fourth-order valence-electron chi connectivity index (χ4n) is 0.816. The molecule has 0 bridgehead atoms. The summed E-state index contributed by atoms with van der Waals surface area (Å²) < 4.78 is 9.98. The highest BCUT2D eigenvalue weighted by Gasteiger charge is 2.07. The minimum absolute atomic E-state index is 0.358. The Hall–Kier alpha value is -0.930. The van der Waals surface area contributed by atoms with E-state index in [2.05, 4.69) is 11.1 Å². The monoisotopic (exact) mass is 152 g/mol. The lowest BCUT2D eigenvalue weighted by molar-refractivity contribution is -0.106. The smallest absolute Gasteiger partial charge is 0.185 e. The van der Waals surface area contributed by atoms with Crippen LogP contribution in [0.4, 0.5) is 0 Å². The molecular weight excluding hydrogens is 142 g/mol. The minimum Gasteiger partial charge on any atom is -0.352 e. The van der Waals surface area contributed by atoms with Gasteiger partial charge < -0.3 is 9.47 Å². The van der Waals surface area contributed by atoms with E-state index in [0.717, 1.165) is 5.56 Å². The Kier molecular flexibility index (Phi) is 3.01. The second kappa shape index (κ2) is 4.05. The molecule has 0 saturated carbocycles. The molecule has 0 N–H and O–H groups in total. The lowest BCUT2D eigenvalue weighted by Gasteiger charge is -2.11. The summed E-state index contributed by atoms with van der Waals surface area (Å²) in [5.74, 6) is 0.